The maximum absolute atomic E-state index is 13.0. The summed E-state index contributed by atoms with van der Waals surface area (Å²) in [6.45, 7) is 12.5. The number of esters is 2. The molecule has 1 aliphatic rings. The lowest BCUT2D eigenvalue weighted by Gasteiger charge is -2.23. The minimum absolute atomic E-state index is 0.0112. The number of amides is 1. The molecule has 1 amide bonds. The third-order valence-electron chi connectivity index (χ3n) is 11.3. The van der Waals surface area contributed by atoms with Crippen molar-refractivity contribution >= 4 is 18.0 Å². The maximum Gasteiger partial charge on any atom is 0.407 e. The van der Waals surface area contributed by atoms with E-state index in [9.17, 15) is 14.4 Å². The number of rotatable bonds is 42. The molecule has 1 saturated heterocycles. The molecule has 0 aliphatic carbocycles. The van der Waals surface area contributed by atoms with Crippen molar-refractivity contribution in [2.75, 3.05) is 52.7 Å². The largest absolute Gasteiger partial charge is 0.465 e. The third kappa shape index (κ3) is 34.2. The SMILES string of the molecule is CCCCC/C=C\C/C=C\CCCCCCCC(=O)OCC(COC(=O)CCC(OCCCCCCCC)OCCCCCCCC)COC(=O)NCC1CCCN1CC. The second-order valence-electron chi connectivity index (χ2n) is 16.9. The molecule has 10 heteroatoms. The number of allylic oxidation sites excluding steroid dienone is 4. The van der Waals surface area contributed by atoms with E-state index in [0.717, 1.165) is 96.6 Å². The second-order valence-corrected chi connectivity index (χ2v) is 16.9. The Balaban J connectivity index is 2.53. The zero-order valence-electron chi connectivity index (χ0n) is 39.2. The first-order valence-electron chi connectivity index (χ1n) is 24.9. The Morgan fingerprint density at radius 3 is 1.70 bits per heavy atom. The van der Waals surface area contributed by atoms with E-state index in [2.05, 4.69) is 62.2 Å². The van der Waals surface area contributed by atoms with Gasteiger partial charge >= 0.3 is 18.0 Å². The summed E-state index contributed by atoms with van der Waals surface area (Å²) in [5, 5.41) is 2.89. The van der Waals surface area contributed by atoms with Crippen LogP contribution in [0, 0.1) is 5.92 Å². The number of carbonyl (C=O) groups excluding carboxylic acids is 3. The van der Waals surface area contributed by atoms with Crippen LogP contribution in [0.5, 0.6) is 0 Å². The first-order chi connectivity index (χ1) is 29.4. The summed E-state index contributed by atoms with van der Waals surface area (Å²) in [5.74, 6) is -1.14. The topological polar surface area (TPSA) is 113 Å². The number of unbranched alkanes of at least 4 members (excludes halogenated alkanes) is 18. The maximum atomic E-state index is 13.0. The highest BCUT2D eigenvalue weighted by Gasteiger charge is 2.24. The lowest BCUT2D eigenvalue weighted by atomic mass is 10.1. The van der Waals surface area contributed by atoms with E-state index >= 15 is 0 Å². The molecule has 0 aromatic heterocycles. The van der Waals surface area contributed by atoms with Gasteiger partial charge in [0.05, 0.1) is 12.3 Å². The molecule has 0 aromatic rings. The summed E-state index contributed by atoms with van der Waals surface area (Å²) >= 11 is 0. The van der Waals surface area contributed by atoms with Crippen molar-refractivity contribution in [1.29, 1.82) is 0 Å². The number of hydrogen-bond donors (Lipinski definition) is 1. The molecule has 1 N–H and O–H groups in total. The van der Waals surface area contributed by atoms with Crippen LogP contribution in [0.2, 0.25) is 0 Å². The summed E-state index contributed by atoms with van der Waals surface area (Å²) in [6.07, 6.45) is 37.6. The van der Waals surface area contributed by atoms with Gasteiger partial charge in [-0.3, -0.25) is 14.5 Å². The number of hydrogen-bond acceptors (Lipinski definition) is 9. The first-order valence-corrected chi connectivity index (χ1v) is 24.9. The predicted octanol–water partition coefficient (Wildman–Crippen LogP) is 12.6. The summed E-state index contributed by atoms with van der Waals surface area (Å²) < 4.78 is 29.1. The molecule has 0 saturated carbocycles. The van der Waals surface area contributed by atoms with Gasteiger partial charge in [-0.2, -0.15) is 0 Å². The number of alkyl carbamates (subject to hydrolysis) is 1. The normalized spacial score (nSPS) is 15.1. The van der Waals surface area contributed by atoms with Gasteiger partial charge in [-0.25, -0.2) is 4.79 Å². The lowest BCUT2D eigenvalue weighted by Crippen LogP contribution is -2.40. The molecular formula is C50H92N2O8. The van der Waals surface area contributed by atoms with Gasteiger partial charge < -0.3 is 29.0 Å². The Morgan fingerprint density at radius 2 is 1.10 bits per heavy atom. The number of likely N-dealkylation sites (tertiary alicyclic amines) is 1. The van der Waals surface area contributed by atoms with Crippen LogP contribution in [0.3, 0.4) is 0 Å². The lowest BCUT2D eigenvalue weighted by molar-refractivity contribution is -0.161. The van der Waals surface area contributed by atoms with Crippen LogP contribution in [-0.2, 0) is 33.3 Å². The van der Waals surface area contributed by atoms with Crippen LogP contribution in [0.25, 0.3) is 0 Å². The fourth-order valence-electron chi connectivity index (χ4n) is 7.42. The number of ether oxygens (including phenoxy) is 5. The Bertz CT molecular complexity index is 1050. The number of nitrogens with zero attached hydrogens (tertiary/aromatic N) is 1. The highest BCUT2D eigenvalue weighted by Crippen LogP contribution is 2.16. The molecular weight excluding hydrogens is 757 g/mol. The van der Waals surface area contributed by atoms with E-state index in [1.165, 1.54) is 77.0 Å². The van der Waals surface area contributed by atoms with Crippen molar-refractivity contribution in [3.63, 3.8) is 0 Å². The van der Waals surface area contributed by atoms with Crippen molar-refractivity contribution in [3.8, 4) is 0 Å². The van der Waals surface area contributed by atoms with Gasteiger partial charge in [0.2, 0.25) is 0 Å². The highest BCUT2D eigenvalue weighted by molar-refractivity contribution is 5.70. The third-order valence-corrected chi connectivity index (χ3v) is 11.3. The van der Waals surface area contributed by atoms with E-state index in [-0.39, 0.29) is 38.2 Å². The molecule has 60 heavy (non-hydrogen) atoms. The zero-order valence-corrected chi connectivity index (χ0v) is 39.2. The van der Waals surface area contributed by atoms with E-state index in [4.69, 9.17) is 23.7 Å². The molecule has 1 heterocycles. The van der Waals surface area contributed by atoms with Gasteiger partial charge in [-0.1, -0.05) is 148 Å². The molecule has 0 aromatic carbocycles. The van der Waals surface area contributed by atoms with Crippen molar-refractivity contribution < 1.29 is 38.1 Å². The summed E-state index contributed by atoms with van der Waals surface area (Å²) in [5.41, 5.74) is 0. The predicted molar refractivity (Wildman–Crippen MR) is 246 cm³/mol. The number of carbonyl (C=O) groups is 3. The number of nitrogens with one attached hydrogen (secondary N) is 1. The smallest absolute Gasteiger partial charge is 0.407 e. The molecule has 10 nitrogen and oxygen atoms in total. The van der Waals surface area contributed by atoms with Gasteiger partial charge in [-0.05, 0) is 77.3 Å². The van der Waals surface area contributed by atoms with Crippen LogP contribution in [0.15, 0.2) is 24.3 Å². The number of likely N-dealkylation sites (N-methyl/N-ethyl adjacent to an activating group) is 1. The van der Waals surface area contributed by atoms with E-state index in [1.54, 1.807) is 0 Å². The molecule has 0 spiro atoms. The fraction of sp³-hybridized carbons (Fsp3) is 0.860. The van der Waals surface area contributed by atoms with Crippen molar-refractivity contribution in [3.05, 3.63) is 24.3 Å². The molecule has 0 bridgehead atoms. The quantitative estimate of drug-likeness (QED) is 0.0211. The van der Waals surface area contributed by atoms with E-state index < -0.39 is 18.3 Å². The molecule has 1 aliphatic heterocycles. The Hall–Kier alpha value is -2.43. The van der Waals surface area contributed by atoms with Crippen LogP contribution in [0.4, 0.5) is 4.79 Å². The van der Waals surface area contributed by atoms with Crippen molar-refractivity contribution in [2.45, 2.75) is 220 Å². The summed E-state index contributed by atoms with van der Waals surface area (Å²) in [4.78, 5) is 40.7. The summed E-state index contributed by atoms with van der Waals surface area (Å²) in [7, 11) is 0. The second kappa shape index (κ2) is 41.9. The molecule has 1 rings (SSSR count). The molecule has 1 fully saturated rings. The van der Waals surface area contributed by atoms with Gasteiger partial charge in [0, 0.05) is 38.6 Å². The van der Waals surface area contributed by atoms with Gasteiger partial charge in [0.1, 0.15) is 19.8 Å². The van der Waals surface area contributed by atoms with E-state index in [1.807, 2.05) is 0 Å². The standard InChI is InChI=1S/C50H92N2O8/c1-5-9-12-15-18-19-20-21-22-23-24-25-26-27-30-35-47(53)58-42-45(44-60-50(55)51-41-46-34-33-38-52(46)8-4)43-59-48(54)36-37-49(56-39-31-28-16-13-10-6-2)57-40-32-29-17-14-11-7-3/h18-19,21-22,45-46,49H,5-17,20,23-44H2,1-4H3,(H,51,55)/b19-18-,22-21-. The summed E-state index contributed by atoms with van der Waals surface area (Å²) in [6, 6.07) is 0.308. The molecule has 350 valence electrons. The zero-order chi connectivity index (χ0) is 43.6. The highest BCUT2D eigenvalue weighted by atomic mass is 16.7. The monoisotopic (exact) mass is 849 g/mol. The van der Waals surface area contributed by atoms with Crippen molar-refractivity contribution in [1.82, 2.24) is 10.2 Å². The molecule has 2 atom stereocenters. The average molecular weight is 849 g/mol. The Labute approximate surface area is 368 Å². The molecule has 0 radical (unpaired) electrons. The van der Waals surface area contributed by atoms with Crippen molar-refractivity contribution in [2.24, 2.45) is 5.92 Å². The fourth-order valence-corrected chi connectivity index (χ4v) is 7.42. The van der Waals surface area contributed by atoms with Crippen LogP contribution < -0.4 is 5.32 Å². The Morgan fingerprint density at radius 1 is 0.600 bits per heavy atom. The molecule has 2 unspecified atom stereocenters. The van der Waals surface area contributed by atoms with Gasteiger partial charge in [0.25, 0.3) is 0 Å². The average Bonchev–Trinajstić information content (AvgIpc) is 3.72. The van der Waals surface area contributed by atoms with E-state index in [0.29, 0.717) is 38.6 Å². The van der Waals surface area contributed by atoms with Crippen LogP contribution >= 0.6 is 0 Å². The minimum atomic E-state index is -0.515. The van der Waals surface area contributed by atoms with Gasteiger partial charge in [0.15, 0.2) is 6.29 Å². The Kier molecular flexibility index (Phi) is 38.8. The van der Waals surface area contributed by atoms with Crippen LogP contribution in [0.1, 0.15) is 207 Å². The minimum Gasteiger partial charge on any atom is -0.465 e. The first kappa shape index (κ1) is 55.6. The van der Waals surface area contributed by atoms with Gasteiger partial charge in [-0.15, -0.1) is 0 Å². The van der Waals surface area contributed by atoms with Crippen LogP contribution in [-0.4, -0.2) is 87.9 Å².